The molecule has 0 aliphatic heterocycles. The van der Waals surface area contributed by atoms with E-state index in [1.807, 2.05) is 60.7 Å². The van der Waals surface area contributed by atoms with Crippen LogP contribution in [-0.4, -0.2) is 5.91 Å². The average Bonchev–Trinajstić information content (AvgIpc) is 2.45. The summed E-state index contributed by atoms with van der Waals surface area (Å²) in [5.74, 6) is -0.410. The van der Waals surface area contributed by atoms with Crippen molar-refractivity contribution in [2.45, 2.75) is 6.42 Å². The Morgan fingerprint density at radius 2 is 1.58 bits per heavy atom. The van der Waals surface area contributed by atoms with Gasteiger partial charge in [-0.15, -0.1) is 0 Å². The van der Waals surface area contributed by atoms with Crippen LogP contribution in [0.1, 0.15) is 5.56 Å². The van der Waals surface area contributed by atoms with E-state index in [0.29, 0.717) is 12.0 Å². The van der Waals surface area contributed by atoms with E-state index in [-0.39, 0.29) is 0 Å². The van der Waals surface area contributed by atoms with E-state index in [4.69, 9.17) is 5.73 Å². The number of anilines is 1. The molecule has 19 heavy (non-hydrogen) atoms. The molecule has 2 aromatic carbocycles. The van der Waals surface area contributed by atoms with Crippen LogP contribution in [0.25, 0.3) is 0 Å². The number of carbonyl (C=O) groups is 1. The van der Waals surface area contributed by atoms with Gasteiger partial charge in [-0.05, 0) is 17.7 Å². The van der Waals surface area contributed by atoms with E-state index in [9.17, 15) is 4.79 Å². The summed E-state index contributed by atoms with van der Waals surface area (Å²) in [4.78, 5) is 11.4. The van der Waals surface area contributed by atoms with E-state index in [1.165, 1.54) is 0 Å². The van der Waals surface area contributed by atoms with Crippen molar-refractivity contribution in [1.29, 1.82) is 0 Å². The number of benzene rings is 2. The summed E-state index contributed by atoms with van der Waals surface area (Å²) in [6.07, 6.45) is 2.20. The van der Waals surface area contributed by atoms with Gasteiger partial charge in [0.05, 0.1) is 0 Å². The molecule has 0 saturated carbocycles. The van der Waals surface area contributed by atoms with Crippen molar-refractivity contribution in [3.8, 4) is 0 Å². The number of carbonyl (C=O) groups excluding carboxylic acids is 1. The molecule has 3 nitrogen and oxygen atoms in total. The first-order valence-electron chi connectivity index (χ1n) is 6.10. The highest BCUT2D eigenvalue weighted by molar-refractivity contribution is 5.92. The highest BCUT2D eigenvalue weighted by atomic mass is 16.1. The van der Waals surface area contributed by atoms with E-state index in [1.54, 1.807) is 6.20 Å². The maximum atomic E-state index is 11.4. The first-order valence-corrected chi connectivity index (χ1v) is 6.10. The molecule has 3 N–H and O–H groups in total. The van der Waals surface area contributed by atoms with Gasteiger partial charge in [0.25, 0.3) is 0 Å². The SMILES string of the molecule is NC(=O)C(=CNc1ccccc1)Cc1ccccc1. The van der Waals surface area contributed by atoms with E-state index < -0.39 is 5.91 Å². The summed E-state index contributed by atoms with van der Waals surface area (Å²) in [5, 5.41) is 3.08. The molecule has 0 aliphatic carbocycles. The fraction of sp³-hybridized carbons (Fsp3) is 0.0625. The Morgan fingerprint density at radius 3 is 2.16 bits per heavy atom. The summed E-state index contributed by atoms with van der Waals surface area (Å²) >= 11 is 0. The number of primary amides is 1. The third kappa shape index (κ3) is 4.00. The van der Waals surface area contributed by atoms with Crippen molar-refractivity contribution in [2.24, 2.45) is 5.73 Å². The van der Waals surface area contributed by atoms with Crippen LogP contribution in [0.2, 0.25) is 0 Å². The standard InChI is InChI=1S/C16H16N2O/c17-16(19)14(11-13-7-3-1-4-8-13)12-18-15-9-5-2-6-10-15/h1-10,12,18H,11H2,(H2,17,19). The Hall–Kier alpha value is -2.55. The van der Waals surface area contributed by atoms with Crippen LogP contribution in [0.15, 0.2) is 72.4 Å². The van der Waals surface area contributed by atoms with Crippen LogP contribution in [-0.2, 0) is 11.2 Å². The fourth-order valence-electron chi connectivity index (χ4n) is 1.73. The molecule has 3 heteroatoms. The van der Waals surface area contributed by atoms with Crippen LogP contribution in [0.5, 0.6) is 0 Å². The highest BCUT2D eigenvalue weighted by Gasteiger charge is 2.05. The summed E-state index contributed by atoms with van der Waals surface area (Å²) in [7, 11) is 0. The molecule has 0 radical (unpaired) electrons. The molecule has 96 valence electrons. The van der Waals surface area contributed by atoms with Gasteiger partial charge in [-0.3, -0.25) is 4.79 Å². The predicted molar refractivity (Wildman–Crippen MR) is 77.5 cm³/mol. The maximum absolute atomic E-state index is 11.4. The van der Waals surface area contributed by atoms with Crippen LogP contribution in [0.3, 0.4) is 0 Å². The van der Waals surface area contributed by atoms with Crippen LogP contribution < -0.4 is 11.1 Å². The van der Waals surface area contributed by atoms with E-state index in [0.717, 1.165) is 11.3 Å². The second kappa shape index (κ2) is 6.40. The molecule has 0 unspecified atom stereocenters. The monoisotopic (exact) mass is 252 g/mol. The van der Waals surface area contributed by atoms with Crippen LogP contribution >= 0.6 is 0 Å². The molecule has 2 rings (SSSR count). The lowest BCUT2D eigenvalue weighted by Crippen LogP contribution is -2.16. The Morgan fingerprint density at radius 1 is 1.00 bits per heavy atom. The fourth-order valence-corrected chi connectivity index (χ4v) is 1.73. The lowest BCUT2D eigenvalue weighted by Gasteiger charge is -2.06. The van der Waals surface area contributed by atoms with E-state index >= 15 is 0 Å². The number of hydrogen-bond donors (Lipinski definition) is 2. The minimum Gasteiger partial charge on any atom is -0.366 e. The van der Waals surface area contributed by atoms with Gasteiger partial charge in [0.2, 0.25) is 5.91 Å². The zero-order chi connectivity index (χ0) is 13.5. The quantitative estimate of drug-likeness (QED) is 0.804. The average molecular weight is 252 g/mol. The number of para-hydroxylation sites is 1. The summed E-state index contributed by atoms with van der Waals surface area (Å²) < 4.78 is 0. The number of nitrogens with one attached hydrogen (secondary N) is 1. The minimum absolute atomic E-state index is 0.410. The van der Waals surface area contributed by atoms with Crippen molar-refractivity contribution in [2.75, 3.05) is 5.32 Å². The normalized spacial score (nSPS) is 11.1. The molecule has 2 aromatic rings. The van der Waals surface area contributed by atoms with Gasteiger partial charge in [0.15, 0.2) is 0 Å². The molecule has 1 amide bonds. The van der Waals surface area contributed by atoms with Crippen molar-refractivity contribution in [3.05, 3.63) is 78.0 Å². The number of amides is 1. The Kier molecular flexibility index (Phi) is 4.34. The van der Waals surface area contributed by atoms with Crippen molar-refractivity contribution in [3.63, 3.8) is 0 Å². The predicted octanol–water partition coefficient (Wildman–Crippen LogP) is 2.71. The maximum Gasteiger partial charge on any atom is 0.246 e. The molecule has 0 atom stereocenters. The zero-order valence-corrected chi connectivity index (χ0v) is 10.5. The van der Waals surface area contributed by atoms with Gasteiger partial charge in [-0.2, -0.15) is 0 Å². The molecule has 0 spiro atoms. The Balaban J connectivity index is 2.10. The molecule has 0 saturated heterocycles. The Labute approximate surface area is 112 Å². The third-order valence-corrected chi connectivity index (χ3v) is 2.74. The van der Waals surface area contributed by atoms with Gasteiger partial charge in [0, 0.05) is 23.9 Å². The second-order valence-electron chi connectivity index (χ2n) is 4.21. The third-order valence-electron chi connectivity index (χ3n) is 2.74. The van der Waals surface area contributed by atoms with Gasteiger partial charge in [-0.1, -0.05) is 48.5 Å². The molecule has 0 aliphatic rings. The first-order chi connectivity index (χ1) is 9.25. The number of rotatable bonds is 5. The van der Waals surface area contributed by atoms with Crippen molar-refractivity contribution < 1.29 is 4.79 Å². The molecular formula is C16H16N2O. The highest BCUT2D eigenvalue weighted by Crippen LogP contribution is 2.10. The lowest BCUT2D eigenvalue weighted by atomic mass is 10.1. The van der Waals surface area contributed by atoms with E-state index in [2.05, 4.69) is 5.32 Å². The second-order valence-corrected chi connectivity index (χ2v) is 4.21. The summed E-state index contributed by atoms with van der Waals surface area (Å²) in [6.45, 7) is 0. The topological polar surface area (TPSA) is 55.1 Å². The largest absolute Gasteiger partial charge is 0.366 e. The summed E-state index contributed by atoms with van der Waals surface area (Å²) in [6, 6.07) is 19.4. The summed E-state index contributed by atoms with van der Waals surface area (Å²) in [5.41, 5.74) is 7.94. The van der Waals surface area contributed by atoms with Gasteiger partial charge < -0.3 is 11.1 Å². The van der Waals surface area contributed by atoms with Gasteiger partial charge in [0.1, 0.15) is 0 Å². The molecule has 0 fully saturated rings. The molecule has 0 bridgehead atoms. The van der Waals surface area contributed by atoms with Gasteiger partial charge in [-0.25, -0.2) is 0 Å². The molecule has 0 aromatic heterocycles. The Bertz CT molecular complexity index is 562. The smallest absolute Gasteiger partial charge is 0.246 e. The van der Waals surface area contributed by atoms with Crippen molar-refractivity contribution >= 4 is 11.6 Å². The molecule has 0 heterocycles. The lowest BCUT2D eigenvalue weighted by molar-refractivity contribution is -0.114. The first kappa shape index (κ1) is 12.9. The van der Waals surface area contributed by atoms with Crippen LogP contribution in [0.4, 0.5) is 5.69 Å². The van der Waals surface area contributed by atoms with Crippen LogP contribution in [0, 0.1) is 0 Å². The van der Waals surface area contributed by atoms with Gasteiger partial charge >= 0.3 is 0 Å². The zero-order valence-electron chi connectivity index (χ0n) is 10.5. The number of nitrogens with two attached hydrogens (primary N) is 1. The molecular weight excluding hydrogens is 236 g/mol. The van der Waals surface area contributed by atoms with Crippen molar-refractivity contribution in [1.82, 2.24) is 0 Å². The number of hydrogen-bond acceptors (Lipinski definition) is 2. The minimum atomic E-state index is -0.410.